The molecule has 0 unspecified atom stereocenters. The number of carbonyl (C=O) groups excluding carboxylic acids is 1. The standard InChI is InChI=1S/C17H18Cl2N2O/c1-11-15(19)7-4-8-16(11)21-17(22)10-20-12(2)13-5-3-6-14(18)9-13/h3-9,12,20H,10H2,1-2H3,(H,21,22)/p+1/t12-/m1/s1. The minimum absolute atomic E-state index is 0.0563. The predicted molar refractivity (Wildman–Crippen MR) is 91.5 cm³/mol. The molecule has 1 amide bonds. The van der Waals surface area contributed by atoms with Crippen LogP contribution < -0.4 is 10.6 Å². The van der Waals surface area contributed by atoms with Crippen molar-refractivity contribution in [2.75, 3.05) is 11.9 Å². The number of nitrogens with two attached hydrogens (primary N) is 1. The zero-order valence-electron chi connectivity index (χ0n) is 12.6. The zero-order valence-corrected chi connectivity index (χ0v) is 14.1. The number of halogens is 2. The summed E-state index contributed by atoms with van der Waals surface area (Å²) < 4.78 is 0. The Morgan fingerprint density at radius 2 is 1.95 bits per heavy atom. The third kappa shape index (κ3) is 4.47. The van der Waals surface area contributed by atoms with Crippen LogP contribution >= 0.6 is 23.2 Å². The summed E-state index contributed by atoms with van der Waals surface area (Å²) in [6.07, 6.45) is 0. The van der Waals surface area contributed by atoms with Crippen LogP contribution in [0.15, 0.2) is 42.5 Å². The van der Waals surface area contributed by atoms with Gasteiger partial charge in [0, 0.05) is 21.3 Å². The Kier molecular flexibility index (Phi) is 5.83. The average molecular weight is 338 g/mol. The molecule has 5 heteroatoms. The van der Waals surface area contributed by atoms with Crippen molar-refractivity contribution in [3.05, 3.63) is 63.6 Å². The molecular formula is C17H19Cl2N2O+. The summed E-state index contributed by atoms with van der Waals surface area (Å²) in [6.45, 7) is 4.26. The van der Waals surface area contributed by atoms with Gasteiger partial charge in [0.05, 0.1) is 0 Å². The zero-order chi connectivity index (χ0) is 16.1. The average Bonchev–Trinajstić information content (AvgIpc) is 2.49. The van der Waals surface area contributed by atoms with Crippen LogP contribution in [0.5, 0.6) is 0 Å². The van der Waals surface area contributed by atoms with Gasteiger partial charge in [-0.2, -0.15) is 0 Å². The molecule has 2 rings (SSSR count). The summed E-state index contributed by atoms with van der Waals surface area (Å²) in [4.78, 5) is 12.1. The van der Waals surface area contributed by atoms with Gasteiger partial charge in [-0.1, -0.05) is 41.4 Å². The van der Waals surface area contributed by atoms with E-state index in [2.05, 4.69) is 5.32 Å². The van der Waals surface area contributed by atoms with Crippen LogP contribution in [-0.2, 0) is 4.79 Å². The van der Waals surface area contributed by atoms with E-state index in [1.807, 2.05) is 55.6 Å². The van der Waals surface area contributed by atoms with Gasteiger partial charge in [-0.15, -0.1) is 0 Å². The summed E-state index contributed by atoms with van der Waals surface area (Å²) in [7, 11) is 0. The van der Waals surface area contributed by atoms with Crippen LogP contribution in [0.25, 0.3) is 0 Å². The molecule has 0 bridgehead atoms. The lowest BCUT2D eigenvalue weighted by atomic mass is 10.1. The van der Waals surface area contributed by atoms with E-state index in [-0.39, 0.29) is 11.9 Å². The maximum absolute atomic E-state index is 12.1. The Labute approximate surface area is 140 Å². The molecule has 1 atom stereocenters. The van der Waals surface area contributed by atoms with Crippen molar-refractivity contribution in [2.24, 2.45) is 0 Å². The van der Waals surface area contributed by atoms with E-state index >= 15 is 0 Å². The highest BCUT2D eigenvalue weighted by atomic mass is 35.5. The molecule has 3 N–H and O–H groups in total. The number of carbonyl (C=O) groups is 1. The first kappa shape index (κ1) is 16.8. The van der Waals surface area contributed by atoms with Gasteiger partial charge >= 0.3 is 0 Å². The normalized spacial score (nSPS) is 12.0. The van der Waals surface area contributed by atoms with Gasteiger partial charge in [-0.05, 0) is 43.7 Å². The second-order valence-electron chi connectivity index (χ2n) is 5.24. The Balaban J connectivity index is 1.91. The molecule has 116 valence electrons. The van der Waals surface area contributed by atoms with Crippen molar-refractivity contribution in [1.29, 1.82) is 0 Å². The molecule has 0 aliphatic rings. The van der Waals surface area contributed by atoms with Crippen LogP contribution in [-0.4, -0.2) is 12.5 Å². The molecule has 0 radical (unpaired) electrons. The Morgan fingerprint density at radius 3 is 2.68 bits per heavy atom. The minimum atomic E-state index is -0.0563. The van der Waals surface area contributed by atoms with Gasteiger partial charge in [0.2, 0.25) is 0 Å². The third-order valence-electron chi connectivity index (χ3n) is 3.57. The number of hydrogen-bond donors (Lipinski definition) is 2. The molecule has 0 spiro atoms. The quantitative estimate of drug-likeness (QED) is 0.860. The molecule has 22 heavy (non-hydrogen) atoms. The van der Waals surface area contributed by atoms with Crippen LogP contribution in [0.4, 0.5) is 5.69 Å². The number of benzene rings is 2. The van der Waals surface area contributed by atoms with Crippen LogP contribution in [0.1, 0.15) is 24.1 Å². The summed E-state index contributed by atoms with van der Waals surface area (Å²) in [5.74, 6) is -0.0563. The fourth-order valence-corrected chi connectivity index (χ4v) is 2.53. The fourth-order valence-electron chi connectivity index (χ4n) is 2.15. The Hall–Kier alpha value is -1.55. The smallest absolute Gasteiger partial charge is 0.279 e. The molecule has 3 nitrogen and oxygen atoms in total. The number of hydrogen-bond acceptors (Lipinski definition) is 1. The van der Waals surface area contributed by atoms with E-state index < -0.39 is 0 Å². The summed E-state index contributed by atoms with van der Waals surface area (Å²) >= 11 is 12.0. The van der Waals surface area contributed by atoms with E-state index in [0.29, 0.717) is 16.6 Å². The molecule has 0 aliphatic heterocycles. The van der Waals surface area contributed by atoms with Crippen molar-refractivity contribution in [3.8, 4) is 0 Å². The van der Waals surface area contributed by atoms with Crippen molar-refractivity contribution >= 4 is 34.8 Å². The van der Waals surface area contributed by atoms with Crippen molar-refractivity contribution in [3.63, 3.8) is 0 Å². The first-order chi connectivity index (χ1) is 10.5. The Bertz CT molecular complexity index is 673. The molecule has 0 saturated carbocycles. The van der Waals surface area contributed by atoms with Gasteiger partial charge < -0.3 is 10.6 Å². The molecule has 0 aliphatic carbocycles. The molecule has 0 fully saturated rings. The van der Waals surface area contributed by atoms with Crippen molar-refractivity contribution in [2.45, 2.75) is 19.9 Å². The Morgan fingerprint density at radius 1 is 1.23 bits per heavy atom. The topological polar surface area (TPSA) is 45.7 Å². The SMILES string of the molecule is Cc1c(Cl)cccc1NC(=O)C[NH2+][C@H](C)c1cccc(Cl)c1. The summed E-state index contributed by atoms with van der Waals surface area (Å²) in [6, 6.07) is 13.3. The number of nitrogens with one attached hydrogen (secondary N) is 1. The highest BCUT2D eigenvalue weighted by Crippen LogP contribution is 2.22. The van der Waals surface area contributed by atoms with Crippen LogP contribution in [0, 0.1) is 6.92 Å². The third-order valence-corrected chi connectivity index (χ3v) is 4.22. The number of rotatable bonds is 5. The van der Waals surface area contributed by atoms with E-state index in [1.54, 1.807) is 6.07 Å². The first-order valence-corrected chi connectivity index (χ1v) is 7.86. The van der Waals surface area contributed by atoms with Gasteiger partial charge in [-0.25, -0.2) is 0 Å². The van der Waals surface area contributed by atoms with Gasteiger partial charge in [0.1, 0.15) is 6.04 Å². The summed E-state index contributed by atoms with van der Waals surface area (Å²) in [5.41, 5.74) is 2.72. The maximum Gasteiger partial charge on any atom is 0.279 e. The van der Waals surface area contributed by atoms with Crippen molar-refractivity contribution in [1.82, 2.24) is 0 Å². The number of anilines is 1. The molecule has 2 aromatic rings. The summed E-state index contributed by atoms with van der Waals surface area (Å²) in [5, 5.41) is 6.21. The van der Waals surface area contributed by atoms with Crippen molar-refractivity contribution < 1.29 is 10.1 Å². The van der Waals surface area contributed by atoms with E-state index in [9.17, 15) is 4.79 Å². The lowest BCUT2D eigenvalue weighted by Crippen LogP contribution is -2.86. The van der Waals surface area contributed by atoms with Gasteiger partial charge in [-0.3, -0.25) is 4.79 Å². The van der Waals surface area contributed by atoms with Crippen LogP contribution in [0.2, 0.25) is 10.0 Å². The second-order valence-corrected chi connectivity index (χ2v) is 6.09. The molecule has 0 aromatic heterocycles. The molecule has 0 saturated heterocycles. The van der Waals surface area contributed by atoms with E-state index in [4.69, 9.17) is 23.2 Å². The van der Waals surface area contributed by atoms with Crippen LogP contribution in [0.3, 0.4) is 0 Å². The van der Waals surface area contributed by atoms with Gasteiger partial charge in [0.25, 0.3) is 5.91 Å². The monoisotopic (exact) mass is 337 g/mol. The van der Waals surface area contributed by atoms with Gasteiger partial charge in [0.15, 0.2) is 6.54 Å². The lowest BCUT2D eigenvalue weighted by Gasteiger charge is -2.12. The number of amides is 1. The highest BCUT2D eigenvalue weighted by Gasteiger charge is 2.13. The highest BCUT2D eigenvalue weighted by molar-refractivity contribution is 6.31. The first-order valence-electron chi connectivity index (χ1n) is 7.11. The minimum Gasteiger partial charge on any atom is -0.333 e. The maximum atomic E-state index is 12.1. The van der Waals surface area contributed by atoms with E-state index in [0.717, 1.165) is 16.8 Å². The molecule has 2 aromatic carbocycles. The second kappa shape index (κ2) is 7.63. The molecular weight excluding hydrogens is 319 g/mol. The predicted octanol–water partition coefficient (Wildman–Crippen LogP) is 3.56. The largest absolute Gasteiger partial charge is 0.333 e. The number of quaternary nitrogens is 1. The molecule has 0 heterocycles. The van der Waals surface area contributed by atoms with E-state index in [1.165, 1.54) is 0 Å². The fraction of sp³-hybridized carbons (Fsp3) is 0.235. The lowest BCUT2D eigenvalue weighted by molar-refractivity contribution is -0.682.